The van der Waals surface area contributed by atoms with Crippen LogP contribution in [0.15, 0.2) is 40.9 Å². The number of hydrogen-bond donors (Lipinski definition) is 2. The number of hydrogen-bond acceptors (Lipinski definition) is 6. The lowest BCUT2D eigenvalue weighted by Gasteiger charge is -2.21. The zero-order valence-corrected chi connectivity index (χ0v) is 17.6. The summed E-state index contributed by atoms with van der Waals surface area (Å²) < 4.78 is 30.3. The lowest BCUT2D eigenvalue weighted by molar-refractivity contribution is -0.145. The van der Waals surface area contributed by atoms with Crippen LogP contribution < -0.4 is 15.8 Å². The molecule has 2 rings (SSSR count). The van der Waals surface area contributed by atoms with E-state index in [1.807, 2.05) is 0 Å². The zero-order chi connectivity index (χ0) is 21.4. The third kappa shape index (κ3) is 6.16. The molecule has 0 spiro atoms. The standard InChI is InChI=1S/C20H22BrFN2O5/c1-3-27-11-29-17-8-6-13(22)10-15(17)18(20(26)28-4-2)24-19(25)14-9-12(21)5-7-16(14)23/h5-10,18H,3-4,11,23H2,1-2H3,(H,24,25). The molecule has 0 radical (unpaired) electrons. The molecule has 0 heterocycles. The first-order chi connectivity index (χ1) is 13.9. The van der Waals surface area contributed by atoms with Gasteiger partial charge in [-0.25, -0.2) is 9.18 Å². The van der Waals surface area contributed by atoms with Gasteiger partial charge in [0, 0.05) is 22.3 Å². The van der Waals surface area contributed by atoms with E-state index in [1.54, 1.807) is 26.0 Å². The molecule has 2 aromatic carbocycles. The normalized spacial score (nSPS) is 11.6. The smallest absolute Gasteiger partial charge is 0.333 e. The molecule has 3 N–H and O–H groups in total. The van der Waals surface area contributed by atoms with Crippen LogP contribution in [-0.2, 0) is 14.3 Å². The van der Waals surface area contributed by atoms with Gasteiger partial charge in [0.15, 0.2) is 12.8 Å². The summed E-state index contributed by atoms with van der Waals surface area (Å²) in [5.41, 5.74) is 6.35. The van der Waals surface area contributed by atoms with Gasteiger partial charge in [-0.05, 0) is 50.2 Å². The number of nitrogen functional groups attached to an aromatic ring is 1. The number of esters is 1. The van der Waals surface area contributed by atoms with Crippen LogP contribution in [0.5, 0.6) is 5.75 Å². The SMILES string of the molecule is CCOCOc1ccc(F)cc1C(NC(=O)c1cc(Br)ccc1N)C(=O)OCC. The molecule has 1 amide bonds. The Morgan fingerprint density at radius 1 is 1.17 bits per heavy atom. The summed E-state index contributed by atoms with van der Waals surface area (Å²) in [7, 11) is 0. The average molecular weight is 469 g/mol. The number of ether oxygens (including phenoxy) is 3. The summed E-state index contributed by atoms with van der Waals surface area (Å²) in [6.45, 7) is 3.81. The molecule has 0 saturated heterocycles. The molecule has 9 heteroatoms. The lowest BCUT2D eigenvalue weighted by atomic mass is 10.0. The molecule has 156 valence electrons. The minimum absolute atomic E-state index is 0.0781. The molecule has 0 saturated carbocycles. The third-order valence-corrected chi connectivity index (χ3v) is 4.34. The second kappa shape index (κ2) is 10.8. The van der Waals surface area contributed by atoms with Gasteiger partial charge in [-0.3, -0.25) is 4.79 Å². The van der Waals surface area contributed by atoms with Crippen molar-refractivity contribution >= 4 is 33.5 Å². The minimum atomic E-state index is -1.31. The molecular weight excluding hydrogens is 447 g/mol. The van der Waals surface area contributed by atoms with Crippen molar-refractivity contribution in [3.63, 3.8) is 0 Å². The first-order valence-corrected chi connectivity index (χ1v) is 9.69. The molecule has 0 aliphatic heterocycles. The topological polar surface area (TPSA) is 99.9 Å². The maximum atomic E-state index is 13.9. The predicted molar refractivity (Wildman–Crippen MR) is 109 cm³/mol. The predicted octanol–water partition coefficient (Wildman–Crippen LogP) is 3.58. The number of nitrogens with two attached hydrogens (primary N) is 1. The highest BCUT2D eigenvalue weighted by atomic mass is 79.9. The maximum absolute atomic E-state index is 13.9. The fourth-order valence-corrected chi connectivity index (χ4v) is 2.85. The number of rotatable bonds is 9. The Labute approximate surface area is 176 Å². The minimum Gasteiger partial charge on any atom is -0.467 e. The van der Waals surface area contributed by atoms with Gasteiger partial charge >= 0.3 is 5.97 Å². The molecule has 2 aromatic rings. The molecule has 7 nitrogen and oxygen atoms in total. The van der Waals surface area contributed by atoms with Crippen LogP contribution in [0.2, 0.25) is 0 Å². The summed E-state index contributed by atoms with van der Waals surface area (Å²) in [4.78, 5) is 25.4. The van der Waals surface area contributed by atoms with Crippen LogP contribution in [0.3, 0.4) is 0 Å². The van der Waals surface area contributed by atoms with Crippen LogP contribution in [0.1, 0.15) is 35.8 Å². The molecule has 0 aliphatic carbocycles. The molecular formula is C20H22BrFN2O5. The van der Waals surface area contributed by atoms with E-state index >= 15 is 0 Å². The third-order valence-electron chi connectivity index (χ3n) is 3.84. The van der Waals surface area contributed by atoms with Crippen LogP contribution in [-0.4, -0.2) is 31.9 Å². The van der Waals surface area contributed by atoms with Crippen molar-refractivity contribution in [3.05, 3.63) is 57.8 Å². The number of carbonyl (C=O) groups excluding carboxylic acids is 2. The van der Waals surface area contributed by atoms with Crippen molar-refractivity contribution in [1.82, 2.24) is 5.32 Å². The second-order valence-corrected chi connectivity index (χ2v) is 6.74. The van der Waals surface area contributed by atoms with Gasteiger partial charge in [0.1, 0.15) is 11.6 Å². The van der Waals surface area contributed by atoms with Crippen LogP contribution >= 0.6 is 15.9 Å². The van der Waals surface area contributed by atoms with Gasteiger partial charge in [0.2, 0.25) is 0 Å². The van der Waals surface area contributed by atoms with Crippen molar-refractivity contribution in [1.29, 1.82) is 0 Å². The van der Waals surface area contributed by atoms with Gasteiger partial charge in [0.05, 0.1) is 12.2 Å². The maximum Gasteiger partial charge on any atom is 0.333 e. The molecule has 1 atom stereocenters. The molecule has 0 fully saturated rings. The highest BCUT2D eigenvalue weighted by Crippen LogP contribution is 2.28. The Kier molecular flexibility index (Phi) is 8.41. The highest BCUT2D eigenvalue weighted by Gasteiger charge is 2.29. The van der Waals surface area contributed by atoms with E-state index in [4.69, 9.17) is 19.9 Å². The molecule has 0 bridgehead atoms. The van der Waals surface area contributed by atoms with Gasteiger partial charge < -0.3 is 25.3 Å². The van der Waals surface area contributed by atoms with Crippen molar-refractivity contribution in [2.24, 2.45) is 0 Å². The fourth-order valence-electron chi connectivity index (χ4n) is 2.49. The summed E-state index contributed by atoms with van der Waals surface area (Å²) >= 11 is 3.28. The Balaban J connectivity index is 2.40. The second-order valence-electron chi connectivity index (χ2n) is 5.83. The molecule has 0 aromatic heterocycles. The zero-order valence-electron chi connectivity index (χ0n) is 16.0. The Hall–Kier alpha value is -2.65. The number of halogens is 2. The summed E-state index contributed by atoms with van der Waals surface area (Å²) in [6.07, 6.45) is 0. The highest BCUT2D eigenvalue weighted by molar-refractivity contribution is 9.10. The average Bonchev–Trinajstić information content (AvgIpc) is 2.69. The summed E-state index contributed by atoms with van der Waals surface area (Å²) in [6, 6.07) is 7.08. The molecule has 1 unspecified atom stereocenters. The lowest BCUT2D eigenvalue weighted by Crippen LogP contribution is -2.35. The Bertz CT molecular complexity index is 878. The first-order valence-electron chi connectivity index (χ1n) is 8.89. The largest absolute Gasteiger partial charge is 0.467 e. The number of carbonyl (C=O) groups is 2. The van der Waals surface area contributed by atoms with E-state index in [0.29, 0.717) is 11.1 Å². The van der Waals surface area contributed by atoms with E-state index in [9.17, 15) is 14.0 Å². The van der Waals surface area contributed by atoms with Gasteiger partial charge in [-0.15, -0.1) is 0 Å². The van der Waals surface area contributed by atoms with Crippen LogP contribution in [0.25, 0.3) is 0 Å². The quantitative estimate of drug-likeness (QED) is 0.252. The van der Waals surface area contributed by atoms with E-state index in [2.05, 4.69) is 21.2 Å². The number of amides is 1. The van der Waals surface area contributed by atoms with E-state index in [0.717, 1.165) is 6.07 Å². The Morgan fingerprint density at radius 3 is 2.62 bits per heavy atom. The van der Waals surface area contributed by atoms with Crippen molar-refractivity contribution < 1.29 is 28.2 Å². The van der Waals surface area contributed by atoms with Crippen molar-refractivity contribution in [2.75, 3.05) is 25.7 Å². The van der Waals surface area contributed by atoms with Crippen molar-refractivity contribution in [3.8, 4) is 5.75 Å². The Morgan fingerprint density at radius 2 is 1.93 bits per heavy atom. The summed E-state index contributed by atoms with van der Waals surface area (Å²) in [5, 5.41) is 2.56. The van der Waals surface area contributed by atoms with Gasteiger partial charge in [-0.1, -0.05) is 15.9 Å². The van der Waals surface area contributed by atoms with E-state index in [-0.39, 0.29) is 36.0 Å². The van der Waals surface area contributed by atoms with E-state index < -0.39 is 23.7 Å². The number of anilines is 1. The number of nitrogens with one attached hydrogen (secondary N) is 1. The van der Waals surface area contributed by atoms with Crippen LogP contribution in [0, 0.1) is 5.82 Å². The molecule has 29 heavy (non-hydrogen) atoms. The summed E-state index contributed by atoms with van der Waals surface area (Å²) in [5.74, 6) is -1.81. The monoisotopic (exact) mass is 468 g/mol. The van der Waals surface area contributed by atoms with Crippen LogP contribution in [0.4, 0.5) is 10.1 Å². The van der Waals surface area contributed by atoms with E-state index in [1.165, 1.54) is 18.2 Å². The number of benzene rings is 2. The first kappa shape index (κ1) is 22.6. The molecule has 0 aliphatic rings. The van der Waals surface area contributed by atoms with Gasteiger partial charge in [0.25, 0.3) is 5.91 Å². The van der Waals surface area contributed by atoms with Crippen molar-refractivity contribution in [2.45, 2.75) is 19.9 Å². The fraction of sp³-hybridized carbons (Fsp3) is 0.300. The van der Waals surface area contributed by atoms with Gasteiger partial charge in [-0.2, -0.15) is 0 Å².